The molecule has 1 fully saturated rings. The van der Waals surface area contributed by atoms with Gasteiger partial charge in [-0.2, -0.15) is 0 Å². The van der Waals surface area contributed by atoms with Gasteiger partial charge in [-0.3, -0.25) is 4.79 Å². The highest BCUT2D eigenvalue weighted by atomic mass is 32.1. The van der Waals surface area contributed by atoms with E-state index in [1.807, 2.05) is 11.4 Å². The van der Waals surface area contributed by atoms with Gasteiger partial charge in [0, 0.05) is 17.2 Å². The van der Waals surface area contributed by atoms with Crippen molar-refractivity contribution in [3.8, 4) is 0 Å². The highest BCUT2D eigenvalue weighted by Crippen LogP contribution is 2.37. The molecule has 1 aromatic rings. The van der Waals surface area contributed by atoms with Crippen molar-refractivity contribution < 1.29 is 4.79 Å². The van der Waals surface area contributed by atoms with Crippen molar-refractivity contribution in [3.05, 3.63) is 34.5 Å². The molecule has 0 saturated heterocycles. The van der Waals surface area contributed by atoms with Gasteiger partial charge >= 0.3 is 0 Å². The van der Waals surface area contributed by atoms with E-state index in [2.05, 4.69) is 12.6 Å². The monoisotopic (exact) mass is 178 g/mol. The van der Waals surface area contributed by atoms with Crippen molar-refractivity contribution in [1.82, 2.24) is 0 Å². The van der Waals surface area contributed by atoms with Gasteiger partial charge in [-0.15, -0.1) is 11.3 Å². The van der Waals surface area contributed by atoms with Gasteiger partial charge in [0.1, 0.15) is 0 Å². The van der Waals surface area contributed by atoms with E-state index in [1.54, 1.807) is 11.3 Å². The minimum absolute atomic E-state index is 0.244. The van der Waals surface area contributed by atoms with Gasteiger partial charge in [0.15, 0.2) is 5.78 Å². The summed E-state index contributed by atoms with van der Waals surface area (Å²) in [5.74, 6) is 0.561. The number of allylic oxidation sites excluding steroid dienone is 1. The summed E-state index contributed by atoms with van der Waals surface area (Å²) in [4.78, 5) is 12.5. The number of rotatable bonds is 1. The molecular weight excluding hydrogens is 168 g/mol. The van der Waals surface area contributed by atoms with Gasteiger partial charge in [-0.1, -0.05) is 12.6 Å². The average Bonchev–Trinajstić information content (AvgIpc) is 2.64. The van der Waals surface area contributed by atoms with Gasteiger partial charge in [0.05, 0.1) is 0 Å². The summed E-state index contributed by atoms with van der Waals surface area (Å²) in [6, 6.07) is 4.11. The minimum Gasteiger partial charge on any atom is -0.295 e. The maximum atomic E-state index is 11.2. The normalized spacial score (nSPS) is 23.5. The molecule has 1 heterocycles. The predicted molar refractivity (Wildman–Crippen MR) is 50.4 cm³/mol. The zero-order chi connectivity index (χ0) is 8.55. The Balaban J connectivity index is 2.27. The van der Waals surface area contributed by atoms with Gasteiger partial charge in [0.2, 0.25) is 0 Å². The molecule has 0 spiro atoms. The van der Waals surface area contributed by atoms with Crippen molar-refractivity contribution >= 4 is 17.1 Å². The minimum atomic E-state index is 0.244. The number of hydrogen-bond donors (Lipinski definition) is 0. The number of hydrogen-bond acceptors (Lipinski definition) is 2. The lowest BCUT2D eigenvalue weighted by Gasteiger charge is -2.05. The molecule has 1 aromatic heterocycles. The SMILES string of the molecule is C=C1C(=O)CCC1c1cccs1. The van der Waals surface area contributed by atoms with Crippen molar-refractivity contribution in [2.75, 3.05) is 0 Å². The molecule has 0 aliphatic heterocycles. The molecule has 0 aromatic carbocycles. The van der Waals surface area contributed by atoms with Crippen molar-refractivity contribution in [1.29, 1.82) is 0 Å². The maximum Gasteiger partial charge on any atom is 0.158 e. The third-order valence-corrected chi connectivity index (χ3v) is 3.31. The second-order valence-corrected chi connectivity index (χ2v) is 4.03. The Morgan fingerprint density at radius 2 is 2.42 bits per heavy atom. The summed E-state index contributed by atoms with van der Waals surface area (Å²) in [5, 5.41) is 2.05. The fraction of sp³-hybridized carbons (Fsp3) is 0.300. The van der Waals surface area contributed by atoms with E-state index >= 15 is 0 Å². The first kappa shape index (κ1) is 7.74. The Morgan fingerprint density at radius 1 is 1.58 bits per heavy atom. The molecule has 0 radical (unpaired) electrons. The lowest BCUT2D eigenvalue weighted by Crippen LogP contribution is -1.95. The van der Waals surface area contributed by atoms with Crippen LogP contribution >= 0.6 is 11.3 Å². The van der Waals surface area contributed by atoms with Gasteiger partial charge in [-0.05, 0) is 23.4 Å². The fourth-order valence-electron chi connectivity index (χ4n) is 1.61. The molecule has 1 saturated carbocycles. The van der Waals surface area contributed by atoms with Crippen LogP contribution in [-0.4, -0.2) is 5.78 Å². The first-order valence-corrected chi connectivity index (χ1v) is 4.92. The second kappa shape index (κ2) is 2.87. The summed E-state index contributed by atoms with van der Waals surface area (Å²) in [7, 11) is 0. The summed E-state index contributed by atoms with van der Waals surface area (Å²) >= 11 is 1.71. The number of ketones is 1. The summed E-state index contributed by atoms with van der Waals surface area (Å²) in [5.41, 5.74) is 0.803. The molecule has 2 rings (SSSR count). The van der Waals surface area contributed by atoms with Gasteiger partial charge < -0.3 is 0 Å². The molecule has 0 bridgehead atoms. The molecule has 1 aliphatic carbocycles. The Morgan fingerprint density at radius 3 is 2.92 bits per heavy atom. The van der Waals surface area contributed by atoms with Crippen LogP contribution in [0.4, 0.5) is 0 Å². The molecule has 0 amide bonds. The number of Topliss-reactive ketones (excluding diaryl/α,β-unsaturated/α-hetero) is 1. The summed E-state index contributed by atoms with van der Waals surface area (Å²) in [6.07, 6.45) is 1.64. The lowest BCUT2D eigenvalue weighted by molar-refractivity contribution is -0.114. The third kappa shape index (κ3) is 1.12. The third-order valence-electron chi connectivity index (χ3n) is 2.33. The molecule has 1 aliphatic rings. The van der Waals surface area contributed by atoms with Crippen molar-refractivity contribution in [3.63, 3.8) is 0 Å². The van der Waals surface area contributed by atoms with Crippen molar-refractivity contribution in [2.24, 2.45) is 0 Å². The zero-order valence-corrected chi connectivity index (χ0v) is 7.56. The van der Waals surface area contributed by atoms with E-state index in [-0.39, 0.29) is 5.78 Å². The van der Waals surface area contributed by atoms with E-state index in [0.717, 1.165) is 12.0 Å². The topological polar surface area (TPSA) is 17.1 Å². The van der Waals surface area contributed by atoms with E-state index in [4.69, 9.17) is 0 Å². The first-order chi connectivity index (χ1) is 5.79. The molecule has 1 atom stereocenters. The number of carbonyl (C=O) groups is 1. The van der Waals surface area contributed by atoms with E-state index in [0.29, 0.717) is 12.3 Å². The first-order valence-electron chi connectivity index (χ1n) is 4.04. The molecule has 1 nitrogen and oxygen atoms in total. The predicted octanol–water partition coefficient (Wildman–Crippen LogP) is 2.75. The van der Waals surface area contributed by atoms with Crippen LogP contribution in [0.2, 0.25) is 0 Å². The van der Waals surface area contributed by atoms with E-state index < -0.39 is 0 Å². The highest BCUT2D eigenvalue weighted by Gasteiger charge is 2.28. The van der Waals surface area contributed by atoms with Crippen LogP contribution in [0.3, 0.4) is 0 Å². The smallest absolute Gasteiger partial charge is 0.158 e. The van der Waals surface area contributed by atoms with Gasteiger partial charge in [0.25, 0.3) is 0 Å². The fourth-order valence-corrected chi connectivity index (χ4v) is 2.50. The quantitative estimate of drug-likeness (QED) is 0.604. The highest BCUT2D eigenvalue weighted by molar-refractivity contribution is 7.10. The Kier molecular flexibility index (Phi) is 1.85. The van der Waals surface area contributed by atoms with Crippen molar-refractivity contribution in [2.45, 2.75) is 18.8 Å². The van der Waals surface area contributed by atoms with Crippen LogP contribution in [0.5, 0.6) is 0 Å². The zero-order valence-electron chi connectivity index (χ0n) is 6.75. The maximum absolute atomic E-state index is 11.2. The van der Waals surface area contributed by atoms with E-state index in [1.165, 1.54) is 4.88 Å². The lowest BCUT2D eigenvalue weighted by atomic mass is 10.0. The Bertz CT molecular complexity index is 311. The summed E-state index contributed by atoms with van der Waals surface area (Å²) in [6.45, 7) is 3.83. The Labute approximate surface area is 75.7 Å². The standard InChI is InChI=1S/C10H10OS/c1-7-8(4-5-9(7)11)10-3-2-6-12-10/h2-3,6,8H,1,4-5H2. The molecule has 0 N–H and O–H groups in total. The largest absolute Gasteiger partial charge is 0.295 e. The molecular formula is C10H10OS. The molecule has 62 valence electrons. The molecule has 2 heteroatoms. The van der Waals surface area contributed by atoms with Crippen LogP contribution in [0.15, 0.2) is 29.7 Å². The van der Waals surface area contributed by atoms with Crippen LogP contribution < -0.4 is 0 Å². The van der Waals surface area contributed by atoms with Gasteiger partial charge in [-0.25, -0.2) is 0 Å². The van der Waals surface area contributed by atoms with Crippen LogP contribution in [0.25, 0.3) is 0 Å². The Hall–Kier alpha value is -0.890. The molecule has 12 heavy (non-hydrogen) atoms. The molecule has 1 unspecified atom stereocenters. The number of thiophene rings is 1. The average molecular weight is 178 g/mol. The van der Waals surface area contributed by atoms with Crippen LogP contribution in [0.1, 0.15) is 23.6 Å². The second-order valence-electron chi connectivity index (χ2n) is 3.06. The summed E-state index contributed by atoms with van der Waals surface area (Å²) < 4.78 is 0. The van der Waals surface area contributed by atoms with Crippen LogP contribution in [-0.2, 0) is 4.79 Å². The van der Waals surface area contributed by atoms with Crippen LogP contribution in [0, 0.1) is 0 Å². The van der Waals surface area contributed by atoms with E-state index in [9.17, 15) is 4.79 Å². The number of carbonyl (C=O) groups excluding carboxylic acids is 1.